The summed E-state index contributed by atoms with van der Waals surface area (Å²) < 4.78 is 6.03. The summed E-state index contributed by atoms with van der Waals surface area (Å²) in [7, 11) is 2.20. The number of hydrogen-bond donors (Lipinski definition) is 2. The second-order valence-electron chi connectivity index (χ2n) is 8.70. The van der Waals surface area contributed by atoms with E-state index in [1.54, 1.807) is 24.3 Å². The lowest BCUT2D eigenvalue weighted by Gasteiger charge is -2.16. The van der Waals surface area contributed by atoms with E-state index in [1.807, 2.05) is 6.07 Å². The second-order valence-corrected chi connectivity index (χ2v) is 9.52. The largest absolute Gasteiger partial charge is 0.504 e. The molecule has 2 N–H and O–H groups in total. The Hall–Kier alpha value is -2.28. The molecule has 2 fully saturated rings. The van der Waals surface area contributed by atoms with Crippen molar-refractivity contribution in [1.29, 1.82) is 0 Å². The molecule has 0 bridgehead atoms. The van der Waals surface area contributed by atoms with Gasteiger partial charge in [0.25, 0.3) is 0 Å². The fourth-order valence-corrected chi connectivity index (χ4v) is 5.30. The predicted molar refractivity (Wildman–Crippen MR) is 124 cm³/mol. The van der Waals surface area contributed by atoms with E-state index in [1.165, 1.54) is 32.3 Å². The number of rotatable bonds is 5. The number of nitrogens with one attached hydrogen (secondary N) is 1. The molecule has 2 aliphatic rings. The molecule has 0 spiro atoms. The highest BCUT2D eigenvalue weighted by Crippen LogP contribution is 2.42. The number of halogens is 2. The Labute approximate surface area is 191 Å². The molecule has 3 aromatic rings. The Balaban J connectivity index is 1.32. The molecule has 31 heavy (non-hydrogen) atoms. The van der Waals surface area contributed by atoms with Crippen LogP contribution in [-0.2, 0) is 0 Å². The smallest absolute Gasteiger partial charge is 0.163 e. The van der Waals surface area contributed by atoms with Gasteiger partial charge in [-0.1, -0.05) is 23.2 Å². The van der Waals surface area contributed by atoms with Gasteiger partial charge in [0.05, 0.1) is 22.2 Å². The van der Waals surface area contributed by atoms with Gasteiger partial charge in [-0.15, -0.1) is 0 Å². The third-order valence-corrected chi connectivity index (χ3v) is 7.14. The van der Waals surface area contributed by atoms with E-state index >= 15 is 0 Å². The number of anilines is 2. The zero-order valence-electron chi connectivity index (χ0n) is 17.2. The first-order valence-electron chi connectivity index (χ1n) is 10.5. The summed E-state index contributed by atoms with van der Waals surface area (Å²) in [5.74, 6) is 3.21. The molecule has 1 aliphatic carbocycles. The van der Waals surface area contributed by atoms with Crippen LogP contribution in [0.1, 0.15) is 12.8 Å². The predicted octanol–water partition coefficient (Wildman–Crippen LogP) is 5.35. The number of benzene rings is 2. The van der Waals surface area contributed by atoms with Crippen LogP contribution < -0.4 is 10.1 Å². The number of nitrogens with zero attached hydrogens (tertiary/aromatic N) is 3. The van der Waals surface area contributed by atoms with E-state index in [2.05, 4.69) is 27.2 Å². The standard InChI is InChI=1S/C23H24Cl2N4O2/c1-29-9-14-4-13(5-15(14)10-29)11-31-22-8-20-17(7-21(22)30)23(27-12-26-20)28-16-2-3-18(24)19(25)6-16/h2-3,6-8,12-15,30H,4-5,9-11H2,1H3,(H,26,27,28)/t13?,14-,15+. The van der Waals surface area contributed by atoms with Gasteiger partial charge in [-0.05, 0) is 61.9 Å². The van der Waals surface area contributed by atoms with E-state index in [9.17, 15) is 5.11 Å². The lowest BCUT2D eigenvalue weighted by Crippen LogP contribution is -2.18. The summed E-state index contributed by atoms with van der Waals surface area (Å²) in [4.78, 5) is 11.1. The van der Waals surface area contributed by atoms with Gasteiger partial charge in [-0.3, -0.25) is 0 Å². The Morgan fingerprint density at radius 1 is 1.10 bits per heavy atom. The summed E-state index contributed by atoms with van der Waals surface area (Å²) in [6, 6.07) is 8.67. The van der Waals surface area contributed by atoms with Crippen LogP contribution in [0.3, 0.4) is 0 Å². The summed E-state index contributed by atoms with van der Waals surface area (Å²) in [6.45, 7) is 3.00. The summed E-state index contributed by atoms with van der Waals surface area (Å²) in [5.41, 5.74) is 1.43. The number of phenolic OH excluding ortho intramolecular Hbond substituents is 1. The van der Waals surface area contributed by atoms with Crippen molar-refractivity contribution in [3.8, 4) is 11.5 Å². The van der Waals surface area contributed by atoms with Crippen molar-refractivity contribution in [1.82, 2.24) is 14.9 Å². The van der Waals surface area contributed by atoms with Crippen molar-refractivity contribution in [3.05, 3.63) is 46.7 Å². The molecule has 2 aromatic carbocycles. The van der Waals surface area contributed by atoms with Crippen molar-refractivity contribution in [2.24, 2.45) is 17.8 Å². The lowest BCUT2D eigenvalue weighted by molar-refractivity contribution is 0.228. The van der Waals surface area contributed by atoms with Crippen LogP contribution in [0, 0.1) is 17.8 Å². The maximum absolute atomic E-state index is 10.6. The first-order valence-corrected chi connectivity index (χ1v) is 11.2. The molecule has 6 nitrogen and oxygen atoms in total. The number of aromatic hydroxyl groups is 1. The monoisotopic (exact) mass is 458 g/mol. The Bertz CT molecular complexity index is 1110. The Morgan fingerprint density at radius 3 is 2.61 bits per heavy atom. The second kappa shape index (κ2) is 8.34. The number of ether oxygens (including phenoxy) is 1. The number of likely N-dealkylation sites (tertiary alicyclic amines) is 1. The minimum absolute atomic E-state index is 0.0809. The Kier molecular flexibility index (Phi) is 5.54. The number of fused-ring (bicyclic) bond motifs is 2. The lowest BCUT2D eigenvalue weighted by atomic mass is 10.0. The zero-order valence-corrected chi connectivity index (χ0v) is 18.7. The summed E-state index contributed by atoms with van der Waals surface area (Å²) in [6.07, 6.45) is 3.88. The molecule has 1 unspecified atom stereocenters. The first kappa shape index (κ1) is 20.6. The quantitative estimate of drug-likeness (QED) is 0.536. The highest BCUT2D eigenvalue weighted by Gasteiger charge is 2.39. The van der Waals surface area contributed by atoms with E-state index in [0.29, 0.717) is 45.0 Å². The fraction of sp³-hybridized carbons (Fsp3) is 0.391. The van der Waals surface area contributed by atoms with Gasteiger partial charge in [-0.25, -0.2) is 9.97 Å². The molecule has 1 aromatic heterocycles. The highest BCUT2D eigenvalue weighted by molar-refractivity contribution is 6.42. The van der Waals surface area contributed by atoms with Gasteiger partial charge in [0, 0.05) is 30.2 Å². The average molecular weight is 459 g/mol. The molecular weight excluding hydrogens is 435 g/mol. The van der Waals surface area contributed by atoms with E-state index in [0.717, 1.165) is 17.5 Å². The molecule has 1 saturated carbocycles. The fourth-order valence-electron chi connectivity index (χ4n) is 5.00. The van der Waals surface area contributed by atoms with Crippen molar-refractivity contribution in [2.75, 3.05) is 32.1 Å². The van der Waals surface area contributed by atoms with Crippen LogP contribution in [0.25, 0.3) is 10.9 Å². The van der Waals surface area contributed by atoms with Crippen LogP contribution >= 0.6 is 23.2 Å². The summed E-state index contributed by atoms with van der Waals surface area (Å²) in [5, 5.41) is 15.4. The minimum atomic E-state index is 0.0809. The molecule has 5 rings (SSSR count). The van der Waals surface area contributed by atoms with E-state index in [4.69, 9.17) is 27.9 Å². The Morgan fingerprint density at radius 2 is 1.87 bits per heavy atom. The molecule has 2 heterocycles. The number of aromatic nitrogens is 2. The molecule has 0 amide bonds. The molecule has 1 aliphatic heterocycles. The molecule has 3 atom stereocenters. The normalized spacial score (nSPS) is 23.3. The average Bonchev–Trinajstić information content (AvgIpc) is 3.26. The van der Waals surface area contributed by atoms with Gasteiger partial charge in [-0.2, -0.15) is 0 Å². The molecule has 0 radical (unpaired) electrons. The maximum atomic E-state index is 10.6. The molecule has 1 saturated heterocycles. The van der Waals surface area contributed by atoms with Crippen LogP contribution in [0.5, 0.6) is 11.5 Å². The summed E-state index contributed by atoms with van der Waals surface area (Å²) >= 11 is 12.1. The van der Waals surface area contributed by atoms with E-state index < -0.39 is 0 Å². The van der Waals surface area contributed by atoms with Gasteiger partial charge >= 0.3 is 0 Å². The van der Waals surface area contributed by atoms with Gasteiger partial charge in [0.15, 0.2) is 11.5 Å². The zero-order chi connectivity index (χ0) is 21.5. The van der Waals surface area contributed by atoms with Crippen molar-refractivity contribution < 1.29 is 9.84 Å². The van der Waals surface area contributed by atoms with Gasteiger partial charge in [0.2, 0.25) is 0 Å². The highest BCUT2D eigenvalue weighted by atomic mass is 35.5. The van der Waals surface area contributed by atoms with Gasteiger partial charge in [0.1, 0.15) is 12.1 Å². The maximum Gasteiger partial charge on any atom is 0.163 e. The first-order chi connectivity index (χ1) is 15.0. The van der Waals surface area contributed by atoms with Crippen LogP contribution in [0.15, 0.2) is 36.7 Å². The van der Waals surface area contributed by atoms with Crippen molar-refractivity contribution >= 4 is 45.6 Å². The van der Waals surface area contributed by atoms with E-state index in [-0.39, 0.29) is 5.75 Å². The van der Waals surface area contributed by atoms with Crippen molar-refractivity contribution in [2.45, 2.75) is 12.8 Å². The third kappa shape index (κ3) is 4.25. The SMILES string of the molecule is CN1C[C@H]2CC(COc3cc4ncnc(Nc5ccc(Cl)c(Cl)c5)c4cc3O)C[C@H]2C1. The molecule has 8 heteroatoms. The minimum Gasteiger partial charge on any atom is -0.504 e. The van der Waals surface area contributed by atoms with Crippen LogP contribution in [0.2, 0.25) is 10.0 Å². The number of hydrogen-bond acceptors (Lipinski definition) is 6. The molecule has 162 valence electrons. The molecular formula is C23H24Cl2N4O2. The topological polar surface area (TPSA) is 70.5 Å². The van der Waals surface area contributed by atoms with Crippen LogP contribution in [0.4, 0.5) is 11.5 Å². The third-order valence-electron chi connectivity index (χ3n) is 6.40. The van der Waals surface area contributed by atoms with Crippen LogP contribution in [-0.4, -0.2) is 46.7 Å². The van der Waals surface area contributed by atoms with Gasteiger partial charge < -0.3 is 20.1 Å². The number of phenols is 1. The van der Waals surface area contributed by atoms with Crippen molar-refractivity contribution in [3.63, 3.8) is 0 Å².